The molecule has 2 bridgehead atoms. The van der Waals surface area contributed by atoms with Crippen LogP contribution in [-0.2, 0) is 4.74 Å². The molecule has 3 aliphatic rings. The van der Waals surface area contributed by atoms with Gasteiger partial charge >= 0.3 is 0 Å². The lowest BCUT2D eigenvalue weighted by Crippen LogP contribution is -2.41. The number of pyridine rings is 1. The monoisotopic (exact) mass is 260 g/mol. The molecule has 5 nitrogen and oxygen atoms in total. The third-order valence-electron chi connectivity index (χ3n) is 4.56. The summed E-state index contributed by atoms with van der Waals surface area (Å²) in [6.45, 7) is 5.83. The second kappa shape index (κ2) is 4.27. The maximum absolute atomic E-state index is 5.41. The third kappa shape index (κ3) is 1.75. The number of likely N-dealkylation sites (N-methyl/N-ethyl adjacent to an activating group) is 1. The number of hydrogen-bond donors (Lipinski definition) is 0. The number of aromatic nitrogens is 1. The SMILES string of the molecule is CN1c2nc(N3CCOCC3)ccc2N2CCC1C2. The Kier molecular flexibility index (Phi) is 2.55. The maximum atomic E-state index is 5.41. The van der Waals surface area contributed by atoms with Gasteiger partial charge in [0.1, 0.15) is 5.82 Å². The minimum Gasteiger partial charge on any atom is -0.378 e. The van der Waals surface area contributed by atoms with Gasteiger partial charge in [-0.2, -0.15) is 0 Å². The molecule has 102 valence electrons. The van der Waals surface area contributed by atoms with Gasteiger partial charge in [0.2, 0.25) is 0 Å². The summed E-state index contributed by atoms with van der Waals surface area (Å²) in [7, 11) is 2.18. The fourth-order valence-corrected chi connectivity index (χ4v) is 3.36. The van der Waals surface area contributed by atoms with Crippen LogP contribution >= 0.6 is 0 Å². The average Bonchev–Trinajstić information content (AvgIpc) is 2.92. The molecule has 1 aromatic heterocycles. The molecule has 1 atom stereocenters. The van der Waals surface area contributed by atoms with E-state index in [2.05, 4.69) is 33.9 Å². The van der Waals surface area contributed by atoms with Crippen LogP contribution in [0.3, 0.4) is 0 Å². The fraction of sp³-hybridized carbons (Fsp3) is 0.643. The van der Waals surface area contributed by atoms with Crippen LogP contribution in [0.15, 0.2) is 12.1 Å². The zero-order valence-corrected chi connectivity index (χ0v) is 11.4. The lowest BCUT2D eigenvalue weighted by atomic mass is 10.2. The number of hydrogen-bond acceptors (Lipinski definition) is 5. The Balaban J connectivity index is 1.69. The Bertz CT molecular complexity index is 486. The van der Waals surface area contributed by atoms with E-state index in [1.165, 1.54) is 18.7 Å². The topological polar surface area (TPSA) is 31.8 Å². The molecule has 4 heterocycles. The van der Waals surface area contributed by atoms with Crippen LogP contribution in [0.1, 0.15) is 6.42 Å². The first-order valence-electron chi connectivity index (χ1n) is 7.14. The quantitative estimate of drug-likeness (QED) is 0.750. The highest BCUT2D eigenvalue weighted by atomic mass is 16.5. The average molecular weight is 260 g/mol. The number of fused-ring (bicyclic) bond motifs is 4. The lowest BCUT2D eigenvalue weighted by molar-refractivity contribution is 0.122. The summed E-state index contributed by atoms with van der Waals surface area (Å²) >= 11 is 0. The number of rotatable bonds is 1. The van der Waals surface area contributed by atoms with E-state index in [1.807, 2.05) is 0 Å². The van der Waals surface area contributed by atoms with Crippen LogP contribution in [0.2, 0.25) is 0 Å². The first-order chi connectivity index (χ1) is 9.33. The standard InChI is InChI=1S/C14H20N4O/c1-16-11-4-5-18(10-11)12-2-3-13(15-14(12)16)17-6-8-19-9-7-17/h2-3,11H,4-10H2,1H3. The summed E-state index contributed by atoms with van der Waals surface area (Å²) in [6.07, 6.45) is 1.25. The molecule has 0 aromatic carbocycles. The molecule has 0 N–H and O–H groups in total. The van der Waals surface area contributed by atoms with Crippen LogP contribution in [0.5, 0.6) is 0 Å². The molecule has 0 amide bonds. The Morgan fingerprint density at radius 1 is 1.16 bits per heavy atom. The smallest absolute Gasteiger partial charge is 0.154 e. The molecule has 3 aliphatic heterocycles. The largest absolute Gasteiger partial charge is 0.378 e. The molecule has 1 unspecified atom stereocenters. The molecule has 5 heteroatoms. The molecule has 1 aromatic rings. The van der Waals surface area contributed by atoms with Gasteiger partial charge < -0.3 is 19.4 Å². The van der Waals surface area contributed by atoms with E-state index in [9.17, 15) is 0 Å². The van der Waals surface area contributed by atoms with E-state index in [1.54, 1.807) is 0 Å². The molecule has 2 fully saturated rings. The zero-order valence-electron chi connectivity index (χ0n) is 11.4. The summed E-state index contributed by atoms with van der Waals surface area (Å²) < 4.78 is 5.41. The normalized spacial score (nSPS) is 25.7. The molecule has 0 spiro atoms. The molecule has 19 heavy (non-hydrogen) atoms. The highest BCUT2D eigenvalue weighted by molar-refractivity contribution is 5.73. The van der Waals surface area contributed by atoms with Crippen molar-refractivity contribution in [1.82, 2.24) is 4.98 Å². The fourth-order valence-electron chi connectivity index (χ4n) is 3.36. The third-order valence-corrected chi connectivity index (χ3v) is 4.56. The summed E-state index contributed by atoms with van der Waals surface area (Å²) in [5, 5.41) is 0. The van der Waals surface area contributed by atoms with Crippen molar-refractivity contribution in [3.8, 4) is 0 Å². The molecular formula is C14H20N4O. The Morgan fingerprint density at radius 3 is 2.84 bits per heavy atom. The molecular weight excluding hydrogens is 240 g/mol. The summed E-state index contributed by atoms with van der Waals surface area (Å²) in [6, 6.07) is 5.04. The van der Waals surface area contributed by atoms with Gasteiger partial charge in [0.25, 0.3) is 0 Å². The van der Waals surface area contributed by atoms with Gasteiger partial charge in [-0.3, -0.25) is 0 Å². The lowest BCUT2D eigenvalue weighted by Gasteiger charge is -2.36. The molecule has 0 radical (unpaired) electrons. The van der Waals surface area contributed by atoms with Crippen LogP contribution in [-0.4, -0.2) is 57.5 Å². The van der Waals surface area contributed by atoms with Gasteiger partial charge in [-0.05, 0) is 18.6 Å². The second-order valence-corrected chi connectivity index (χ2v) is 5.61. The molecule has 4 rings (SSSR count). The molecule has 0 aliphatic carbocycles. The van der Waals surface area contributed by atoms with Crippen LogP contribution < -0.4 is 14.7 Å². The minimum absolute atomic E-state index is 0.639. The van der Waals surface area contributed by atoms with Gasteiger partial charge in [-0.15, -0.1) is 0 Å². The van der Waals surface area contributed by atoms with E-state index in [-0.39, 0.29) is 0 Å². The van der Waals surface area contributed by atoms with Crippen molar-refractivity contribution in [3.05, 3.63) is 12.1 Å². The van der Waals surface area contributed by atoms with Gasteiger partial charge in [0.05, 0.1) is 18.9 Å². The number of morpholine rings is 1. The Hall–Kier alpha value is -1.49. The van der Waals surface area contributed by atoms with Gasteiger partial charge in [-0.25, -0.2) is 4.98 Å². The van der Waals surface area contributed by atoms with Gasteiger partial charge in [-0.1, -0.05) is 0 Å². The second-order valence-electron chi connectivity index (χ2n) is 5.61. The Morgan fingerprint density at radius 2 is 2.00 bits per heavy atom. The van der Waals surface area contributed by atoms with Crippen molar-refractivity contribution >= 4 is 17.3 Å². The van der Waals surface area contributed by atoms with Gasteiger partial charge in [0, 0.05) is 39.3 Å². The predicted octanol–water partition coefficient (Wildman–Crippen LogP) is 0.947. The summed E-state index contributed by atoms with van der Waals surface area (Å²) in [5.74, 6) is 2.24. The van der Waals surface area contributed by atoms with E-state index >= 15 is 0 Å². The van der Waals surface area contributed by atoms with E-state index in [4.69, 9.17) is 9.72 Å². The van der Waals surface area contributed by atoms with Gasteiger partial charge in [0.15, 0.2) is 5.82 Å². The van der Waals surface area contributed by atoms with Crippen LogP contribution in [0.4, 0.5) is 17.3 Å². The van der Waals surface area contributed by atoms with Crippen molar-refractivity contribution < 1.29 is 4.74 Å². The van der Waals surface area contributed by atoms with Crippen molar-refractivity contribution in [2.24, 2.45) is 0 Å². The maximum Gasteiger partial charge on any atom is 0.154 e. The first kappa shape index (κ1) is 11.3. The summed E-state index contributed by atoms with van der Waals surface area (Å²) in [5.41, 5.74) is 1.30. The predicted molar refractivity (Wildman–Crippen MR) is 76.3 cm³/mol. The number of nitrogens with zero attached hydrogens (tertiary/aromatic N) is 4. The van der Waals surface area contributed by atoms with Crippen molar-refractivity contribution in [1.29, 1.82) is 0 Å². The van der Waals surface area contributed by atoms with Crippen molar-refractivity contribution in [2.45, 2.75) is 12.5 Å². The zero-order chi connectivity index (χ0) is 12.8. The summed E-state index contributed by atoms with van der Waals surface area (Å²) in [4.78, 5) is 12.1. The number of anilines is 3. The molecule has 0 saturated carbocycles. The van der Waals surface area contributed by atoms with Crippen molar-refractivity contribution in [2.75, 3.05) is 61.1 Å². The van der Waals surface area contributed by atoms with Crippen LogP contribution in [0.25, 0.3) is 0 Å². The highest BCUT2D eigenvalue weighted by Crippen LogP contribution is 2.38. The Labute approximate surface area is 113 Å². The van der Waals surface area contributed by atoms with Crippen molar-refractivity contribution in [3.63, 3.8) is 0 Å². The van der Waals surface area contributed by atoms with E-state index in [0.717, 1.165) is 44.5 Å². The van der Waals surface area contributed by atoms with Crippen LogP contribution in [0, 0.1) is 0 Å². The first-order valence-corrected chi connectivity index (χ1v) is 7.14. The van der Waals surface area contributed by atoms with E-state index < -0.39 is 0 Å². The number of ether oxygens (including phenoxy) is 1. The molecule has 2 saturated heterocycles. The minimum atomic E-state index is 0.639. The van der Waals surface area contributed by atoms with E-state index in [0.29, 0.717) is 6.04 Å². The highest BCUT2D eigenvalue weighted by Gasteiger charge is 2.35.